The van der Waals surface area contributed by atoms with Crippen LogP contribution in [0.5, 0.6) is 11.5 Å². The Morgan fingerprint density at radius 3 is 2.24 bits per heavy atom. The standard InChI is InChI=1S/C10H11BrF3NO2/c1-16-6-4-3-5(8(17-2)7(6)11)9(15)10(12,13)14/h3-4,9H,15H2,1-2H3. The molecule has 0 amide bonds. The van der Waals surface area contributed by atoms with Gasteiger partial charge in [0.15, 0.2) is 0 Å². The molecule has 0 fully saturated rings. The third-order valence-electron chi connectivity index (χ3n) is 2.20. The number of rotatable bonds is 3. The van der Waals surface area contributed by atoms with Crippen LogP contribution >= 0.6 is 15.9 Å². The van der Waals surface area contributed by atoms with Crippen LogP contribution in [0.25, 0.3) is 0 Å². The Balaban J connectivity index is 3.31. The lowest BCUT2D eigenvalue weighted by Crippen LogP contribution is -2.28. The predicted octanol–water partition coefficient (Wildman–Crippen LogP) is 3.03. The van der Waals surface area contributed by atoms with E-state index in [4.69, 9.17) is 15.2 Å². The molecule has 1 rings (SSSR count). The minimum absolute atomic E-state index is 0.0224. The van der Waals surface area contributed by atoms with Crippen molar-refractivity contribution in [2.24, 2.45) is 5.73 Å². The van der Waals surface area contributed by atoms with Crippen LogP contribution in [0.2, 0.25) is 0 Å². The highest BCUT2D eigenvalue weighted by Gasteiger charge is 2.40. The Kier molecular flexibility index (Phi) is 4.26. The van der Waals surface area contributed by atoms with Gasteiger partial charge < -0.3 is 15.2 Å². The van der Waals surface area contributed by atoms with Gasteiger partial charge in [-0.2, -0.15) is 13.2 Å². The molecule has 1 aromatic rings. The van der Waals surface area contributed by atoms with E-state index >= 15 is 0 Å². The molecule has 0 aliphatic rings. The van der Waals surface area contributed by atoms with Crippen molar-refractivity contribution in [3.63, 3.8) is 0 Å². The largest absolute Gasteiger partial charge is 0.495 e. The van der Waals surface area contributed by atoms with Crippen LogP contribution in [-0.2, 0) is 0 Å². The number of hydrogen-bond acceptors (Lipinski definition) is 3. The summed E-state index contributed by atoms with van der Waals surface area (Å²) in [5, 5.41) is 0. The van der Waals surface area contributed by atoms with Gasteiger partial charge >= 0.3 is 6.18 Å². The lowest BCUT2D eigenvalue weighted by atomic mass is 10.1. The smallest absolute Gasteiger partial charge is 0.407 e. The first-order valence-electron chi connectivity index (χ1n) is 4.55. The van der Waals surface area contributed by atoms with E-state index in [0.717, 1.165) is 0 Å². The maximum Gasteiger partial charge on any atom is 0.407 e. The van der Waals surface area contributed by atoms with E-state index in [1.807, 2.05) is 0 Å². The van der Waals surface area contributed by atoms with Crippen molar-refractivity contribution < 1.29 is 22.6 Å². The molecule has 1 aromatic carbocycles. The fraction of sp³-hybridized carbons (Fsp3) is 0.400. The highest BCUT2D eigenvalue weighted by molar-refractivity contribution is 9.10. The molecule has 0 aliphatic carbocycles. The zero-order valence-corrected chi connectivity index (χ0v) is 10.7. The van der Waals surface area contributed by atoms with Gasteiger partial charge in [0.1, 0.15) is 22.0 Å². The summed E-state index contributed by atoms with van der Waals surface area (Å²) in [5.41, 5.74) is 5.00. The number of benzene rings is 1. The molecule has 1 unspecified atom stereocenters. The van der Waals surface area contributed by atoms with E-state index in [-0.39, 0.29) is 11.3 Å². The molecule has 7 heteroatoms. The van der Waals surface area contributed by atoms with Crippen molar-refractivity contribution >= 4 is 15.9 Å². The Morgan fingerprint density at radius 1 is 1.24 bits per heavy atom. The number of alkyl halides is 3. The number of ether oxygens (including phenoxy) is 2. The monoisotopic (exact) mass is 313 g/mol. The molecule has 0 heterocycles. The van der Waals surface area contributed by atoms with Gasteiger partial charge in [0.05, 0.1) is 14.2 Å². The Morgan fingerprint density at radius 2 is 1.82 bits per heavy atom. The lowest BCUT2D eigenvalue weighted by molar-refractivity contribution is -0.149. The molecule has 2 N–H and O–H groups in total. The van der Waals surface area contributed by atoms with E-state index in [0.29, 0.717) is 10.2 Å². The van der Waals surface area contributed by atoms with Gasteiger partial charge in [0, 0.05) is 5.56 Å². The van der Waals surface area contributed by atoms with Crippen molar-refractivity contribution in [3.05, 3.63) is 22.2 Å². The van der Waals surface area contributed by atoms with Crippen molar-refractivity contribution in [2.45, 2.75) is 12.2 Å². The summed E-state index contributed by atoms with van der Waals surface area (Å²) in [6.07, 6.45) is -4.53. The Bertz CT molecular complexity index is 409. The molecule has 3 nitrogen and oxygen atoms in total. The summed E-state index contributed by atoms with van der Waals surface area (Å²) < 4.78 is 47.8. The molecule has 0 aromatic heterocycles. The molecular weight excluding hydrogens is 303 g/mol. The van der Waals surface area contributed by atoms with E-state index in [9.17, 15) is 13.2 Å². The molecule has 96 valence electrons. The maximum atomic E-state index is 12.5. The summed E-state index contributed by atoms with van der Waals surface area (Å²) >= 11 is 3.11. The predicted molar refractivity (Wildman–Crippen MR) is 60.2 cm³/mol. The third kappa shape index (κ3) is 2.84. The minimum Gasteiger partial charge on any atom is -0.495 e. The van der Waals surface area contributed by atoms with Crippen molar-refractivity contribution in [1.82, 2.24) is 0 Å². The van der Waals surface area contributed by atoms with E-state index < -0.39 is 12.2 Å². The van der Waals surface area contributed by atoms with Crippen LogP contribution in [-0.4, -0.2) is 20.4 Å². The minimum atomic E-state index is -4.53. The van der Waals surface area contributed by atoms with E-state index in [1.165, 1.54) is 26.4 Å². The molecule has 1 atom stereocenters. The number of hydrogen-bond donors (Lipinski definition) is 1. The molecular formula is C10H11BrF3NO2. The first-order chi connectivity index (χ1) is 7.82. The second-order valence-corrected chi connectivity index (χ2v) is 4.02. The van der Waals surface area contributed by atoms with Gasteiger partial charge in [-0.15, -0.1) is 0 Å². The third-order valence-corrected chi connectivity index (χ3v) is 2.95. The van der Waals surface area contributed by atoms with Gasteiger partial charge in [-0.1, -0.05) is 0 Å². The number of nitrogens with two attached hydrogens (primary N) is 1. The fourth-order valence-electron chi connectivity index (χ4n) is 1.34. The SMILES string of the molecule is COc1ccc(C(N)C(F)(F)F)c(OC)c1Br. The Hall–Kier alpha value is -0.950. The van der Waals surface area contributed by atoms with Crippen LogP contribution in [0.15, 0.2) is 16.6 Å². The highest BCUT2D eigenvalue weighted by Crippen LogP contribution is 2.42. The first-order valence-corrected chi connectivity index (χ1v) is 5.35. The van der Waals surface area contributed by atoms with Crippen LogP contribution in [0.1, 0.15) is 11.6 Å². The molecule has 0 aliphatic heterocycles. The highest BCUT2D eigenvalue weighted by atomic mass is 79.9. The summed E-state index contributed by atoms with van der Waals surface area (Å²) in [6, 6.07) is 0.536. The molecule has 0 saturated carbocycles. The zero-order chi connectivity index (χ0) is 13.2. The van der Waals surface area contributed by atoms with Crippen molar-refractivity contribution in [1.29, 1.82) is 0 Å². The average molecular weight is 314 g/mol. The van der Waals surface area contributed by atoms with Gasteiger partial charge in [0.2, 0.25) is 0 Å². The quantitative estimate of drug-likeness (QED) is 0.933. The lowest BCUT2D eigenvalue weighted by Gasteiger charge is -2.20. The van der Waals surface area contributed by atoms with Crippen molar-refractivity contribution in [2.75, 3.05) is 14.2 Å². The van der Waals surface area contributed by atoms with Crippen LogP contribution in [0.3, 0.4) is 0 Å². The molecule has 0 saturated heterocycles. The molecule has 17 heavy (non-hydrogen) atoms. The maximum absolute atomic E-state index is 12.5. The van der Waals surface area contributed by atoms with E-state index in [1.54, 1.807) is 0 Å². The topological polar surface area (TPSA) is 44.5 Å². The molecule has 0 bridgehead atoms. The summed E-state index contributed by atoms with van der Waals surface area (Å²) in [7, 11) is 2.68. The van der Waals surface area contributed by atoms with Gasteiger partial charge in [-0.25, -0.2) is 0 Å². The molecule has 0 spiro atoms. The average Bonchev–Trinajstić information content (AvgIpc) is 2.26. The van der Waals surface area contributed by atoms with E-state index in [2.05, 4.69) is 15.9 Å². The second kappa shape index (κ2) is 5.14. The van der Waals surface area contributed by atoms with Gasteiger partial charge in [0.25, 0.3) is 0 Å². The normalized spacial score (nSPS) is 13.4. The van der Waals surface area contributed by atoms with Gasteiger partial charge in [-0.3, -0.25) is 0 Å². The number of methoxy groups -OCH3 is 2. The van der Waals surface area contributed by atoms with Gasteiger partial charge in [-0.05, 0) is 28.1 Å². The van der Waals surface area contributed by atoms with Crippen LogP contribution in [0, 0.1) is 0 Å². The molecule has 0 radical (unpaired) electrons. The summed E-state index contributed by atoms with van der Waals surface area (Å²) in [4.78, 5) is 0. The number of halogens is 4. The zero-order valence-electron chi connectivity index (χ0n) is 9.14. The van der Waals surface area contributed by atoms with Crippen molar-refractivity contribution in [3.8, 4) is 11.5 Å². The second-order valence-electron chi connectivity index (χ2n) is 3.22. The first kappa shape index (κ1) is 14.1. The fourth-order valence-corrected chi connectivity index (χ4v) is 2.02. The Labute approximate surface area is 105 Å². The summed E-state index contributed by atoms with van der Waals surface area (Å²) in [5.74, 6) is 0.397. The van der Waals surface area contributed by atoms with Crippen LogP contribution in [0.4, 0.5) is 13.2 Å². The van der Waals surface area contributed by atoms with Crippen LogP contribution < -0.4 is 15.2 Å². The summed E-state index contributed by atoms with van der Waals surface area (Å²) in [6.45, 7) is 0.